The van der Waals surface area contributed by atoms with Crippen LogP contribution in [0.1, 0.15) is 37.8 Å². The molecule has 0 saturated carbocycles. The summed E-state index contributed by atoms with van der Waals surface area (Å²) in [5, 5.41) is 23.8. The Balaban J connectivity index is 0.000000344. The quantitative estimate of drug-likeness (QED) is 0.0270. The molecule has 12 nitrogen and oxygen atoms in total. The van der Waals surface area contributed by atoms with Gasteiger partial charge in [-0.25, -0.2) is 8.42 Å². The second-order valence-electron chi connectivity index (χ2n) is 19.5. The minimum atomic E-state index is -3.60. The van der Waals surface area contributed by atoms with Gasteiger partial charge >= 0.3 is 0 Å². The predicted octanol–water partition coefficient (Wildman–Crippen LogP) is 33.5. The van der Waals surface area contributed by atoms with Crippen molar-refractivity contribution in [1.29, 1.82) is 0 Å². The number of tetrazole rings is 2. The molecule has 558 valence electrons. The van der Waals surface area contributed by atoms with Gasteiger partial charge in [0.15, 0.2) is 0 Å². The van der Waals surface area contributed by atoms with Crippen LogP contribution in [0.4, 0.5) is 0 Å². The van der Waals surface area contributed by atoms with Crippen molar-refractivity contribution < 1.29 is 17.9 Å². The van der Waals surface area contributed by atoms with Gasteiger partial charge in [-0.2, -0.15) is 9.36 Å². The summed E-state index contributed by atoms with van der Waals surface area (Å²) in [6, 6.07) is 39.1. The van der Waals surface area contributed by atoms with Crippen LogP contribution in [-0.4, -0.2) is 73.6 Å². The van der Waals surface area contributed by atoms with E-state index in [0.717, 1.165) is 43.1 Å². The van der Waals surface area contributed by atoms with Gasteiger partial charge in [0.2, 0.25) is 15.0 Å². The predicted molar refractivity (Wildman–Crippen MR) is 597 cm³/mol. The molecule has 0 fully saturated rings. The van der Waals surface area contributed by atoms with E-state index in [0.29, 0.717) is 37.8 Å². The smallest absolute Gasteiger partial charge is 0.272 e. The Morgan fingerprint density at radius 1 is 0.424 bits per heavy atom. The zero-order chi connectivity index (χ0) is 74.3. The van der Waals surface area contributed by atoms with Crippen molar-refractivity contribution in [2.75, 3.05) is 24.7 Å². The first kappa shape index (κ1) is 109. The van der Waals surface area contributed by atoms with Gasteiger partial charge in [-0.3, -0.25) is 0 Å². The Morgan fingerprint density at radius 2 is 0.758 bits per heavy atom. The van der Waals surface area contributed by atoms with Crippen molar-refractivity contribution in [1.82, 2.24) is 40.4 Å². The van der Waals surface area contributed by atoms with E-state index < -0.39 is 9.84 Å². The lowest BCUT2D eigenvalue weighted by atomic mass is 10.1. The molecule has 99 heavy (non-hydrogen) atoms. The molecular formula is C38H95N8O4P47S2. The molecule has 0 radical (unpaired) electrons. The Kier molecular flexibility index (Phi) is 67.7. The van der Waals surface area contributed by atoms with Crippen molar-refractivity contribution in [3.63, 3.8) is 0 Å². The van der Waals surface area contributed by atoms with E-state index in [1.165, 1.54) is 10.2 Å². The van der Waals surface area contributed by atoms with E-state index in [1.54, 1.807) is 40.7 Å². The lowest BCUT2D eigenvalue weighted by molar-refractivity contribution is 0.0912. The summed E-state index contributed by atoms with van der Waals surface area (Å²) in [7, 11) is 77.7. The number of rotatable bonds is 38. The standard InChI is InChI=1S/C19H22N4O3S.C19H22N4OS.H26P24.H25P23/c1-16(14-26-15-17-8-4-2-5-9-17)12-13-27(24,25)19-20-21-22-23(19)18-10-6-3-7-11-18;1-16(14-24-15-17-8-4-2-5-9-17)12-13-25-19-20-21-22-23(19)18-10-6-3-7-11-18;1-14(2)20(13)23(19(11)12)24(21(15(3)4)16(5)6)22(17(7)8)18(9)10;1-13-19(12)22(18(10)11)23(20(14(2)3)15(4)5)21(16(6)7)17(8)9/h2-11,16H,12-15H2,1H3;2-11,16H,12-15H2,1H3;1-13H2;13H,1-12H2/t2*16-;;/m00../s1. The molecule has 0 saturated heterocycles. The number of sulfone groups is 1. The summed E-state index contributed by atoms with van der Waals surface area (Å²) in [5.41, 5.74) is 3.90. The van der Waals surface area contributed by atoms with Crippen LogP contribution in [0, 0.1) is 11.8 Å². The van der Waals surface area contributed by atoms with E-state index in [9.17, 15) is 8.42 Å². The third kappa shape index (κ3) is 41.9. The molecule has 0 amide bonds. The summed E-state index contributed by atoms with van der Waals surface area (Å²) in [6.45, 7) is 7.66. The average molecular weight is 2250 g/mol. The van der Waals surface area contributed by atoms with Crippen LogP contribution >= 0.6 is 390 Å². The fourth-order valence-electron chi connectivity index (χ4n) is 7.33. The molecule has 0 aliphatic rings. The molecule has 0 N–H and O–H groups in total. The molecule has 0 aliphatic heterocycles. The molecular weight excluding hydrogens is 2150 g/mol. The maximum Gasteiger partial charge on any atom is 0.272 e. The number of benzene rings is 4. The third-order valence-electron chi connectivity index (χ3n) is 11.7. The molecule has 6 rings (SSSR count). The molecule has 2 heterocycles. The Labute approximate surface area is 680 Å². The lowest BCUT2D eigenvalue weighted by Crippen LogP contribution is -2.17. The van der Waals surface area contributed by atoms with E-state index in [2.05, 4.69) is 273 Å². The molecule has 0 aliphatic carbocycles. The second-order valence-corrected chi connectivity index (χ2v) is 208. The largest absolute Gasteiger partial charge is 0.376 e. The van der Waals surface area contributed by atoms with E-state index >= 15 is 0 Å². The summed E-state index contributed by atoms with van der Waals surface area (Å²) in [5.74, 6) is 1.53. The number of ether oxygens (including phenoxy) is 2. The van der Waals surface area contributed by atoms with Crippen LogP contribution in [0.25, 0.3) is 11.4 Å². The van der Waals surface area contributed by atoms with Gasteiger partial charge in [0.25, 0.3) is 5.16 Å². The Hall–Kier alpha value is 15.4. The fraction of sp³-hybridized carbons (Fsp3) is 0.316. The van der Waals surface area contributed by atoms with Crippen LogP contribution in [0.2, 0.25) is 0 Å². The SMILES string of the molecule is C[C@@H](CCS(=O)(=O)c1nnnn1-c1ccccc1)COCc1ccccc1.C[C@@H](CCSc1nnnn1-c1ccccc1)COCc1ccccc1.PP(P)P(P)P(P(P)P)P(P(P(P)P)P(P)P)P(P(P)P)P(P)P.PPP(P)P(P(P)P)P(P(P(P)P)P(P)P)P(P(P)P)P(P)P. The molecule has 30 unspecified atom stereocenters. The molecule has 2 aromatic heterocycles. The number of hydrogen-bond acceptors (Lipinski definition) is 11. The lowest BCUT2D eigenvalue weighted by Gasteiger charge is -2.48. The first-order chi connectivity index (χ1) is 46.7. The highest BCUT2D eigenvalue weighted by Crippen LogP contribution is 3.35. The fourth-order valence-corrected chi connectivity index (χ4v) is 581. The highest BCUT2D eigenvalue weighted by molar-refractivity contribution is 9.41. The van der Waals surface area contributed by atoms with Gasteiger partial charge in [-0.05, 0) is 228 Å². The Bertz CT molecular complexity index is 3130. The van der Waals surface area contributed by atoms with Crippen LogP contribution < -0.4 is 0 Å². The topological polar surface area (TPSA) is 140 Å². The van der Waals surface area contributed by atoms with Gasteiger partial charge in [-0.15, -0.1) is 228 Å². The number of hydrogen-bond donors (Lipinski definition) is 0. The molecule has 4 aromatic carbocycles. The van der Waals surface area contributed by atoms with Crippen LogP contribution in [0.5, 0.6) is 0 Å². The first-order valence-corrected chi connectivity index (χ1v) is 114. The number of nitrogens with zero attached hydrogens (tertiary/aromatic N) is 8. The highest BCUT2D eigenvalue weighted by Gasteiger charge is 2.47. The van der Waals surface area contributed by atoms with Crippen LogP contribution in [-0.2, 0) is 32.5 Å². The summed E-state index contributed by atoms with van der Waals surface area (Å²) in [4.78, 5) is 0. The molecule has 0 bridgehead atoms. The van der Waals surface area contributed by atoms with Gasteiger partial charge in [0, 0.05) is 19.0 Å². The molecule has 32 atom stereocenters. The van der Waals surface area contributed by atoms with E-state index in [1.807, 2.05) is 91.9 Å². The van der Waals surface area contributed by atoms with Crippen molar-refractivity contribution >= 4 is 400 Å². The van der Waals surface area contributed by atoms with Crippen molar-refractivity contribution in [2.45, 2.75) is 50.2 Å². The minimum absolute atomic E-state index is 0.00181. The minimum Gasteiger partial charge on any atom is -0.376 e. The maximum atomic E-state index is 12.7. The normalized spacial score (nSPS) is 14.4. The number of para-hydroxylation sites is 2. The second kappa shape index (κ2) is 61.7. The summed E-state index contributed by atoms with van der Waals surface area (Å²) >= 11 is 1.68. The molecule has 61 heteroatoms. The first-order valence-electron chi connectivity index (χ1n) is 27.7. The highest BCUT2D eigenvalue weighted by atomic mass is 33.5. The van der Waals surface area contributed by atoms with Gasteiger partial charge in [0.1, 0.15) is 0 Å². The van der Waals surface area contributed by atoms with E-state index in [-0.39, 0.29) is 164 Å². The number of thioether (sulfide) groups is 1. The van der Waals surface area contributed by atoms with Crippen LogP contribution in [0.3, 0.4) is 0 Å². The van der Waals surface area contributed by atoms with E-state index in [4.69, 9.17) is 9.47 Å². The third-order valence-corrected chi connectivity index (χ3v) is 316. The summed E-state index contributed by atoms with van der Waals surface area (Å²) < 4.78 is 39.9. The average Bonchev–Trinajstić information content (AvgIpc) is 1.56. The van der Waals surface area contributed by atoms with Crippen molar-refractivity contribution in [3.05, 3.63) is 132 Å². The zero-order valence-electron chi connectivity index (χ0n) is 53.7. The maximum absolute atomic E-state index is 12.7. The van der Waals surface area contributed by atoms with Gasteiger partial charge < -0.3 is 9.47 Å². The molecule has 0 spiro atoms. The number of aromatic nitrogens is 8. The Morgan fingerprint density at radius 3 is 1.12 bits per heavy atom. The van der Waals surface area contributed by atoms with Crippen molar-refractivity contribution in [2.24, 2.45) is 11.8 Å². The zero-order valence-corrected chi connectivity index (χ0v) is 104. The van der Waals surface area contributed by atoms with Gasteiger partial charge in [-0.1, -0.05) is 136 Å². The summed E-state index contributed by atoms with van der Waals surface area (Å²) in [6.07, 6.45) is 1.53. The monoisotopic (exact) mass is 2250 g/mol. The van der Waals surface area contributed by atoms with Gasteiger partial charge in [0.05, 0.1) is 30.3 Å². The van der Waals surface area contributed by atoms with Crippen LogP contribution in [0.15, 0.2) is 132 Å². The van der Waals surface area contributed by atoms with Crippen molar-refractivity contribution in [3.8, 4) is 11.4 Å². The molecule has 6 aromatic rings.